The third kappa shape index (κ3) is 2.87. The molecule has 3 rings (SSSR count). The van der Waals surface area contributed by atoms with Crippen molar-refractivity contribution >= 4 is 5.91 Å². The van der Waals surface area contributed by atoms with Crippen molar-refractivity contribution in [2.45, 2.75) is 52.1 Å². The fourth-order valence-electron chi connectivity index (χ4n) is 3.39. The Morgan fingerprint density at radius 2 is 1.96 bits per heavy atom. The van der Waals surface area contributed by atoms with Gasteiger partial charge in [0.15, 0.2) is 0 Å². The fourth-order valence-corrected chi connectivity index (χ4v) is 3.39. The SMILES string of the molecule is Cc1c(C(=O)N2CCCC2c2ccncc2)cnn1C(C)(C)C. The van der Waals surface area contributed by atoms with E-state index in [1.807, 2.05) is 28.6 Å². The topological polar surface area (TPSA) is 51.0 Å². The second kappa shape index (κ2) is 5.80. The third-order valence-corrected chi connectivity index (χ3v) is 4.48. The monoisotopic (exact) mass is 312 g/mol. The van der Waals surface area contributed by atoms with Crippen molar-refractivity contribution in [3.8, 4) is 0 Å². The molecule has 1 fully saturated rings. The van der Waals surface area contributed by atoms with Crippen molar-refractivity contribution in [1.29, 1.82) is 0 Å². The van der Waals surface area contributed by atoms with Crippen LogP contribution in [0.5, 0.6) is 0 Å². The van der Waals surface area contributed by atoms with E-state index in [1.54, 1.807) is 18.6 Å². The van der Waals surface area contributed by atoms with Crippen LogP contribution in [-0.4, -0.2) is 32.1 Å². The van der Waals surface area contributed by atoms with E-state index in [0.29, 0.717) is 5.56 Å². The van der Waals surface area contributed by atoms with E-state index in [4.69, 9.17) is 0 Å². The van der Waals surface area contributed by atoms with Gasteiger partial charge in [0.2, 0.25) is 0 Å². The molecule has 0 spiro atoms. The molecule has 1 atom stereocenters. The van der Waals surface area contributed by atoms with E-state index in [-0.39, 0.29) is 17.5 Å². The Bertz CT molecular complexity index is 700. The molecule has 1 unspecified atom stereocenters. The van der Waals surface area contributed by atoms with Crippen molar-refractivity contribution in [2.75, 3.05) is 6.54 Å². The van der Waals surface area contributed by atoms with Gasteiger partial charge in [-0.15, -0.1) is 0 Å². The molecular formula is C18H24N4O. The number of likely N-dealkylation sites (tertiary alicyclic amines) is 1. The summed E-state index contributed by atoms with van der Waals surface area (Å²) in [5, 5.41) is 4.44. The normalized spacial score (nSPS) is 18.4. The predicted octanol–water partition coefficient (Wildman–Crippen LogP) is 3.32. The number of amides is 1. The number of hydrogen-bond acceptors (Lipinski definition) is 3. The summed E-state index contributed by atoms with van der Waals surface area (Å²) in [4.78, 5) is 19.1. The highest BCUT2D eigenvalue weighted by atomic mass is 16.2. The zero-order chi connectivity index (χ0) is 16.6. The van der Waals surface area contributed by atoms with Crippen LogP contribution in [0.25, 0.3) is 0 Å². The van der Waals surface area contributed by atoms with Gasteiger partial charge in [0, 0.05) is 24.6 Å². The Labute approximate surface area is 137 Å². The summed E-state index contributed by atoms with van der Waals surface area (Å²) in [5.41, 5.74) is 2.67. The molecular weight excluding hydrogens is 288 g/mol. The average molecular weight is 312 g/mol. The quantitative estimate of drug-likeness (QED) is 0.855. The minimum Gasteiger partial charge on any atom is -0.331 e. The molecule has 23 heavy (non-hydrogen) atoms. The Kier molecular flexibility index (Phi) is 3.96. The zero-order valence-electron chi connectivity index (χ0n) is 14.3. The van der Waals surface area contributed by atoms with Crippen LogP contribution in [0.3, 0.4) is 0 Å². The maximum atomic E-state index is 13.0. The number of carbonyl (C=O) groups is 1. The van der Waals surface area contributed by atoms with Crippen LogP contribution in [0.15, 0.2) is 30.7 Å². The molecule has 2 aromatic rings. The average Bonchev–Trinajstić information content (AvgIpc) is 3.13. The third-order valence-electron chi connectivity index (χ3n) is 4.48. The summed E-state index contributed by atoms with van der Waals surface area (Å²) in [6.07, 6.45) is 7.33. The Morgan fingerprint density at radius 1 is 1.26 bits per heavy atom. The molecule has 1 aliphatic heterocycles. The fraction of sp³-hybridized carbons (Fsp3) is 0.500. The van der Waals surface area contributed by atoms with E-state index in [0.717, 1.165) is 30.6 Å². The number of hydrogen-bond donors (Lipinski definition) is 0. The summed E-state index contributed by atoms with van der Waals surface area (Å²) in [6.45, 7) is 9.06. The number of carbonyl (C=O) groups excluding carboxylic acids is 1. The van der Waals surface area contributed by atoms with Crippen LogP contribution in [0.1, 0.15) is 61.3 Å². The van der Waals surface area contributed by atoms with Gasteiger partial charge in [-0.25, -0.2) is 0 Å². The van der Waals surface area contributed by atoms with E-state index >= 15 is 0 Å². The summed E-state index contributed by atoms with van der Waals surface area (Å²) >= 11 is 0. The van der Waals surface area contributed by atoms with Crippen molar-refractivity contribution in [3.05, 3.63) is 47.5 Å². The molecule has 1 saturated heterocycles. The Morgan fingerprint density at radius 3 is 2.57 bits per heavy atom. The highest BCUT2D eigenvalue weighted by Crippen LogP contribution is 2.33. The smallest absolute Gasteiger partial charge is 0.257 e. The highest BCUT2D eigenvalue weighted by Gasteiger charge is 2.32. The van der Waals surface area contributed by atoms with Crippen molar-refractivity contribution in [1.82, 2.24) is 19.7 Å². The Hall–Kier alpha value is -2.17. The lowest BCUT2D eigenvalue weighted by atomic mass is 10.1. The largest absolute Gasteiger partial charge is 0.331 e. The first-order valence-electron chi connectivity index (χ1n) is 8.15. The van der Waals surface area contributed by atoms with Crippen molar-refractivity contribution in [3.63, 3.8) is 0 Å². The molecule has 0 aromatic carbocycles. The molecule has 0 radical (unpaired) electrons. The molecule has 0 bridgehead atoms. The lowest BCUT2D eigenvalue weighted by molar-refractivity contribution is 0.0734. The minimum absolute atomic E-state index is 0.0808. The molecule has 3 heterocycles. The molecule has 0 saturated carbocycles. The van der Waals surface area contributed by atoms with Crippen LogP contribution >= 0.6 is 0 Å². The lowest BCUT2D eigenvalue weighted by Crippen LogP contribution is -2.31. The van der Waals surface area contributed by atoms with Gasteiger partial charge >= 0.3 is 0 Å². The predicted molar refractivity (Wildman–Crippen MR) is 89.2 cm³/mol. The van der Waals surface area contributed by atoms with Crippen molar-refractivity contribution in [2.24, 2.45) is 0 Å². The zero-order valence-corrected chi connectivity index (χ0v) is 14.3. The number of rotatable bonds is 2. The number of nitrogens with zero attached hydrogens (tertiary/aromatic N) is 4. The second-order valence-corrected chi connectivity index (χ2v) is 7.16. The van der Waals surface area contributed by atoms with Gasteiger partial charge in [-0.1, -0.05) is 0 Å². The highest BCUT2D eigenvalue weighted by molar-refractivity contribution is 5.95. The molecule has 5 nitrogen and oxygen atoms in total. The first-order valence-corrected chi connectivity index (χ1v) is 8.15. The summed E-state index contributed by atoms with van der Waals surface area (Å²) in [5.74, 6) is 0.0808. The summed E-state index contributed by atoms with van der Waals surface area (Å²) < 4.78 is 1.93. The molecule has 1 aliphatic rings. The molecule has 2 aromatic heterocycles. The molecule has 0 aliphatic carbocycles. The number of aromatic nitrogens is 3. The van der Waals surface area contributed by atoms with Crippen LogP contribution in [0.4, 0.5) is 0 Å². The van der Waals surface area contributed by atoms with Crippen LogP contribution < -0.4 is 0 Å². The maximum Gasteiger partial charge on any atom is 0.257 e. The number of pyridine rings is 1. The van der Waals surface area contributed by atoms with Crippen LogP contribution in [-0.2, 0) is 5.54 Å². The first kappa shape index (κ1) is 15.7. The molecule has 1 amide bonds. The van der Waals surface area contributed by atoms with Gasteiger partial charge in [-0.3, -0.25) is 14.5 Å². The van der Waals surface area contributed by atoms with E-state index < -0.39 is 0 Å². The molecule has 0 N–H and O–H groups in total. The summed E-state index contributed by atoms with van der Waals surface area (Å²) in [7, 11) is 0. The lowest BCUT2D eigenvalue weighted by Gasteiger charge is -2.25. The van der Waals surface area contributed by atoms with E-state index in [9.17, 15) is 4.79 Å². The van der Waals surface area contributed by atoms with Crippen LogP contribution in [0, 0.1) is 6.92 Å². The van der Waals surface area contributed by atoms with E-state index in [2.05, 4.69) is 30.9 Å². The van der Waals surface area contributed by atoms with Gasteiger partial charge in [0.1, 0.15) is 0 Å². The van der Waals surface area contributed by atoms with Gasteiger partial charge in [0.25, 0.3) is 5.91 Å². The first-order chi connectivity index (χ1) is 10.9. The minimum atomic E-state index is -0.127. The van der Waals surface area contributed by atoms with Crippen molar-refractivity contribution < 1.29 is 4.79 Å². The van der Waals surface area contributed by atoms with Gasteiger partial charge in [0.05, 0.1) is 23.3 Å². The maximum absolute atomic E-state index is 13.0. The van der Waals surface area contributed by atoms with Crippen LogP contribution in [0.2, 0.25) is 0 Å². The summed E-state index contributed by atoms with van der Waals surface area (Å²) in [6, 6.07) is 4.14. The second-order valence-electron chi connectivity index (χ2n) is 7.16. The molecule has 5 heteroatoms. The van der Waals surface area contributed by atoms with Gasteiger partial charge in [-0.05, 0) is 58.2 Å². The Balaban J connectivity index is 1.90. The van der Waals surface area contributed by atoms with Gasteiger partial charge < -0.3 is 4.90 Å². The van der Waals surface area contributed by atoms with E-state index in [1.165, 1.54) is 0 Å². The standard InChI is InChI=1S/C18H24N4O/c1-13-15(12-20-22(13)18(2,3)4)17(23)21-11-5-6-16(21)14-7-9-19-10-8-14/h7-10,12,16H,5-6,11H2,1-4H3. The molecule has 122 valence electrons. The van der Waals surface area contributed by atoms with Gasteiger partial charge in [-0.2, -0.15) is 5.10 Å².